The number of anilines is 6. The molecule has 2 aliphatic carbocycles. The Hall–Kier alpha value is -7.00. The summed E-state index contributed by atoms with van der Waals surface area (Å²) in [4.78, 5) is 60.9. The zero-order valence-corrected chi connectivity index (χ0v) is 30.8. The molecule has 6 aromatic carbocycles. The van der Waals surface area contributed by atoms with Gasteiger partial charge in [0.1, 0.15) is 5.75 Å². The molecule has 9 nitrogen and oxygen atoms in total. The highest BCUT2D eigenvalue weighted by molar-refractivity contribution is 6.24. The normalized spacial score (nSPS) is 23.9. The summed E-state index contributed by atoms with van der Waals surface area (Å²) < 4.78 is 0. The van der Waals surface area contributed by atoms with E-state index in [1.54, 1.807) is 30.3 Å². The molecule has 10 rings (SSSR count). The van der Waals surface area contributed by atoms with Crippen LogP contribution in [0.3, 0.4) is 0 Å². The second-order valence-electron chi connectivity index (χ2n) is 15.3. The third-order valence-corrected chi connectivity index (χ3v) is 12.3. The number of carbonyl (C=O) groups is 4. The molecule has 4 aliphatic rings. The molecule has 0 spiro atoms. The highest BCUT2D eigenvalue weighted by Gasteiger charge is 2.62. The van der Waals surface area contributed by atoms with Crippen molar-refractivity contribution < 1.29 is 24.3 Å². The fourth-order valence-corrected chi connectivity index (χ4v) is 9.79. The van der Waals surface area contributed by atoms with Gasteiger partial charge in [0.2, 0.25) is 23.6 Å². The average molecular weight is 751 g/mol. The molecule has 6 unspecified atom stereocenters. The highest BCUT2D eigenvalue weighted by Crippen LogP contribution is 2.60. The van der Waals surface area contributed by atoms with Crippen LogP contribution >= 0.6 is 0 Å². The first-order valence-electron chi connectivity index (χ1n) is 19.4. The maximum atomic E-state index is 14.8. The van der Waals surface area contributed by atoms with Crippen molar-refractivity contribution in [1.82, 2.24) is 0 Å². The summed E-state index contributed by atoms with van der Waals surface area (Å²) in [7, 11) is 0. The third kappa shape index (κ3) is 5.68. The molecular formula is C48H38N4O5. The van der Waals surface area contributed by atoms with Crippen LogP contribution in [0.1, 0.15) is 24.3 Å². The van der Waals surface area contributed by atoms with Gasteiger partial charge in [0.25, 0.3) is 0 Å². The number of imide groups is 2. The molecule has 6 atom stereocenters. The molecule has 2 aliphatic heterocycles. The Morgan fingerprint density at radius 1 is 0.491 bits per heavy atom. The molecule has 57 heavy (non-hydrogen) atoms. The molecule has 0 aromatic heterocycles. The molecule has 2 saturated heterocycles. The molecule has 0 radical (unpaired) electrons. The number of benzene rings is 6. The lowest BCUT2D eigenvalue weighted by molar-refractivity contribution is -0.126. The number of aromatic hydroxyl groups is 1. The standard InChI is InChI=1S/C48H38N4O5/c53-40-26-15-28-9-7-8-14-35(28)42(40)43-36-24-25-37-41(47(56)51(45(37)54)33-20-16-31(17-21-33)49-29-10-3-1-4-11-29)38(36)27-39-44(43)48(57)52(46(39)55)34-22-18-32(19-23-34)50-30-12-5-2-6-13-30/h1-24,26,37-39,41,43-44,49-50,53H,25,27H2. The van der Waals surface area contributed by atoms with Crippen LogP contribution in [0.2, 0.25) is 0 Å². The SMILES string of the molecule is O=C1C2CC=C3C(CC4C(=O)N(c5ccc(Nc6ccccc6)cc5)C(=O)C4C3c3c(O)ccc4ccccc34)C2C(=O)N1c1ccc(Nc2ccccc2)cc1. The van der Waals surface area contributed by atoms with Crippen molar-refractivity contribution in [2.24, 2.45) is 29.6 Å². The van der Waals surface area contributed by atoms with E-state index in [0.29, 0.717) is 23.4 Å². The molecule has 0 bridgehead atoms. The van der Waals surface area contributed by atoms with Crippen molar-refractivity contribution in [2.75, 3.05) is 20.4 Å². The molecule has 280 valence electrons. The molecule has 1 saturated carbocycles. The van der Waals surface area contributed by atoms with E-state index in [1.165, 1.54) is 9.80 Å². The number of phenolic OH excluding ortho intramolecular Hbond substituents is 1. The smallest absolute Gasteiger partial charge is 0.238 e. The number of para-hydroxylation sites is 2. The van der Waals surface area contributed by atoms with Gasteiger partial charge in [-0.25, -0.2) is 0 Å². The molecule has 2 heterocycles. The van der Waals surface area contributed by atoms with Gasteiger partial charge in [-0.3, -0.25) is 29.0 Å². The van der Waals surface area contributed by atoms with E-state index in [4.69, 9.17) is 0 Å². The first kappa shape index (κ1) is 34.5. The number of nitrogens with zero attached hydrogens (tertiary/aromatic N) is 2. The zero-order chi connectivity index (χ0) is 38.8. The fraction of sp³-hybridized carbons (Fsp3) is 0.167. The van der Waals surface area contributed by atoms with Crippen LogP contribution in [0.25, 0.3) is 10.8 Å². The van der Waals surface area contributed by atoms with Crippen molar-refractivity contribution in [3.63, 3.8) is 0 Å². The summed E-state index contributed by atoms with van der Waals surface area (Å²) in [6, 6.07) is 45.1. The second-order valence-corrected chi connectivity index (χ2v) is 15.3. The highest BCUT2D eigenvalue weighted by atomic mass is 16.3. The second kappa shape index (κ2) is 13.6. The molecule has 3 fully saturated rings. The van der Waals surface area contributed by atoms with Crippen molar-refractivity contribution >= 4 is 68.5 Å². The van der Waals surface area contributed by atoms with E-state index in [1.807, 2.05) is 121 Å². The zero-order valence-electron chi connectivity index (χ0n) is 30.8. The fourth-order valence-electron chi connectivity index (χ4n) is 9.79. The van der Waals surface area contributed by atoms with Crippen molar-refractivity contribution in [3.8, 4) is 5.75 Å². The summed E-state index contributed by atoms with van der Waals surface area (Å²) in [5.41, 5.74) is 5.79. The Balaban J connectivity index is 1.02. The third-order valence-electron chi connectivity index (χ3n) is 12.3. The minimum absolute atomic E-state index is 0.0239. The first-order valence-corrected chi connectivity index (χ1v) is 19.4. The number of nitrogens with one attached hydrogen (secondary N) is 2. The molecule has 9 heteroatoms. The Kier molecular flexibility index (Phi) is 8.25. The summed E-state index contributed by atoms with van der Waals surface area (Å²) in [6.07, 6.45) is 2.56. The first-order chi connectivity index (χ1) is 27.9. The van der Waals surface area contributed by atoms with E-state index < -0.39 is 35.5 Å². The Labute approximate surface area is 329 Å². The topological polar surface area (TPSA) is 119 Å². The van der Waals surface area contributed by atoms with E-state index in [2.05, 4.69) is 10.6 Å². The van der Waals surface area contributed by atoms with Crippen LogP contribution in [0.4, 0.5) is 34.1 Å². The van der Waals surface area contributed by atoms with Crippen LogP contribution in [0, 0.1) is 29.6 Å². The van der Waals surface area contributed by atoms with E-state index in [0.717, 1.165) is 39.1 Å². The predicted octanol–water partition coefficient (Wildman–Crippen LogP) is 9.08. The van der Waals surface area contributed by atoms with Gasteiger partial charge in [0.15, 0.2) is 0 Å². The average Bonchev–Trinajstić information content (AvgIpc) is 3.65. The van der Waals surface area contributed by atoms with Crippen molar-refractivity contribution in [3.05, 3.63) is 163 Å². The quantitative estimate of drug-likeness (QED) is 0.110. The van der Waals surface area contributed by atoms with E-state index in [9.17, 15) is 24.3 Å². The van der Waals surface area contributed by atoms with Gasteiger partial charge in [-0.15, -0.1) is 0 Å². The Morgan fingerprint density at radius 3 is 1.60 bits per heavy atom. The lowest BCUT2D eigenvalue weighted by Crippen LogP contribution is -2.43. The number of hydrogen-bond donors (Lipinski definition) is 3. The maximum absolute atomic E-state index is 14.8. The molecule has 6 aromatic rings. The van der Waals surface area contributed by atoms with Crippen molar-refractivity contribution in [2.45, 2.75) is 18.8 Å². The van der Waals surface area contributed by atoms with Gasteiger partial charge in [0.05, 0.1) is 35.0 Å². The van der Waals surface area contributed by atoms with Crippen LogP contribution in [-0.2, 0) is 19.2 Å². The lowest BCUT2D eigenvalue weighted by atomic mass is 9.56. The van der Waals surface area contributed by atoms with Gasteiger partial charge in [-0.2, -0.15) is 0 Å². The monoisotopic (exact) mass is 750 g/mol. The number of carbonyl (C=O) groups excluding carboxylic acids is 4. The molecule has 4 amide bonds. The summed E-state index contributed by atoms with van der Waals surface area (Å²) in [5.74, 6) is -5.34. The molecular weight excluding hydrogens is 713 g/mol. The van der Waals surface area contributed by atoms with Gasteiger partial charge in [-0.05, 0) is 108 Å². The van der Waals surface area contributed by atoms with Crippen LogP contribution < -0.4 is 20.4 Å². The van der Waals surface area contributed by atoms with Gasteiger partial charge >= 0.3 is 0 Å². The van der Waals surface area contributed by atoms with Gasteiger partial charge < -0.3 is 15.7 Å². The van der Waals surface area contributed by atoms with Crippen LogP contribution in [0.5, 0.6) is 5.75 Å². The summed E-state index contributed by atoms with van der Waals surface area (Å²) in [5, 5.41) is 20.0. The van der Waals surface area contributed by atoms with E-state index in [-0.39, 0.29) is 35.8 Å². The largest absolute Gasteiger partial charge is 0.508 e. The van der Waals surface area contributed by atoms with Gasteiger partial charge in [0, 0.05) is 34.2 Å². The molecule has 3 N–H and O–H groups in total. The van der Waals surface area contributed by atoms with E-state index >= 15 is 0 Å². The summed E-state index contributed by atoms with van der Waals surface area (Å²) >= 11 is 0. The van der Waals surface area contributed by atoms with Crippen LogP contribution in [-0.4, -0.2) is 28.7 Å². The Bertz CT molecular complexity index is 2610. The minimum atomic E-state index is -0.816. The minimum Gasteiger partial charge on any atom is -0.508 e. The number of allylic oxidation sites excluding steroid dienone is 2. The maximum Gasteiger partial charge on any atom is 0.238 e. The number of phenols is 1. The number of fused-ring (bicyclic) bond motifs is 5. The lowest BCUT2D eigenvalue weighted by Gasteiger charge is -2.44. The number of hydrogen-bond acceptors (Lipinski definition) is 7. The van der Waals surface area contributed by atoms with Crippen LogP contribution in [0.15, 0.2) is 157 Å². The number of amides is 4. The summed E-state index contributed by atoms with van der Waals surface area (Å²) in [6.45, 7) is 0. The predicted molar refractivity (Wildman–Crippen MR) is 220 cm³/mol. The number of rotatable bonds is 7. The Morgan fingerprint density at radius 2 is 1.00 bits per heavy atom. The van der Waals surface area contributed by atoms with Gasteiger partial charge in [-0.1, -0.05) is 78.4 Å². The van der Waals surface area contributed by atoms with Crippen molar-refractivity contribution in [1.29, 1.82) is 0 Å².